The van der Waals surface area contributed by atoms with Crippen LogP contribution in [-0.2, 0) is 11.2 Å². The molecule has 4 rings (SSSR count). The molecule has 0 saturated heterocycles. The lowest BCUT2D eigenvalue weighted by molar-refractivity contribution is -0.118. The van der Waals surface area contributed by atoms with Gasteiger partial charge in [0.1, 0.15) is 23.2 Å². The Hall–Kier alpha value is -3.54. The zero-order chi connectivity index (χ0) is 22.1. The summed E-state index contributed by atoms with van der Waals surface area (Å²) in [6.45, 7) is 3.50. The molecule has 0 fully saturated rings. The van der Waals surface area contributed by atoms with Crippen LogP contribution in [-0.4, -0.2) is 17.9 Å². The van der Waals surface area contributed by atoms with Crippen molar-refractivity contribution in [3.05, 3.63) is 89.0 Å². The first-order valence-corrected chi connectivity index (χ1v) is 10.1. The summed E-state index contributed by atoms with van der Waals surface area (Å²) in [7, 11) is 0. The van der Waals surface area contributed by atoms with Crippen LogP contribution in [0.4, 0.5) is 14.5 Å². The average Bonchev–Trinajstić information content (AvgIpc) is 3.09. The van der Waals surface area contributed by atoms with E-state index in [0.29, 0.717) is 5.69 Å². The quantitative estimate of drug-likeness (QED) is 0.481. The molecule has 1 atom stereocenters. The SMILES string of the molecule is CC(C)C(NC(=O)c1c(F)cccc1F)C(=O)Nc1ccc2c(c1)Cc1ccccc1-2. The lowest BCUT2D eigenvalue weighted by atomic mass is 10.0. The highest BCUT2D eigenvalue weighted by Crippen LogP contribution is 2.37. The number of rotatable bonds is 5. The molecule has 1 unspecified atom stereocenters. The predicted octanol–water partition coefficient (Wildman–Crippen LogP) is 4.93. The maximum atomic E-state index is 13.9. The summed E-state index contributed by atoms with van der Waals surface area (Å²) in [5, 5.41) is 5.29. The summed E-state index contributed by atoms with van der Waals surface area (Å²) < 4.78 is 27.9. The van der Waals surface area contributed by atoms with Crippen molar-refractivity contribution in [1.29, 1.82) is 0 Å². The Morgan fingerprint density at radius 1 is 0.871 bits per heavy atom. The Morgan fingerprint density at radius 2 is 1.55 bits per heavy atom. The van der Waals surface area contributed by atoms with Gasteiger partial charge in [-0.2, -0.15) is 0 Å². The molecule has 0 bridgehead atoms. The van der Waals surface area contributed by atoms with E-state index < -0.39 is 35.1 Å². The fourth-order valence-electron chi connectivity index (χ4n) is 3.91. The maximum Gasteiger partial charge on any atom is 0.257 e. The van der Waals surface area contributed by atoms with Gasteiger partial charge in [-0.1, -0.05) is 50.2 Å². The molecular weight excluding hydrogens is 398 g/mol. The third-order valence-corrected chi connectivity index (χ3v) is 5.49. The summed E-state index contributed by atoms with van der Waals surface area (Å²) >= 11 is 0. The zero-order valence-corrected chi connectivity index (χ0v) is 17.2. The number of nitrogens with one attached hydrogen (secondary N) is 2. The molecule has 1 aliphatic carbocycles. The Bertz CT molecular complexity index is 1150. The van der Waals surface area contributed by atoms with Gasteiger partial charge in [-0.05, 0) is 58.9 Å². The van der Waals surface area contributed by atoms with Gasteiger partial charge in [0.05, 0.1) is 0 Å². The monoisotopic (exact) mass is 420 g/mol. The molecular formula is C25H22F2N2O2. The number of carbonyl (C=O) groups is 2. The lowest BCUT2D eigenvalue weighted by Gasteiger charge is -2.22. The van der Waals surface area contributed by atoms with Crippen LogP contribution in [0, 0.1) is 17.6 Å². The molecule has 4 nitrogen and oxygen atoms in total. The third-order valence-electron chi connectivity index (χ3n) is 5.49. The molecule has 6 heteroatoms. The molecule has 0 aliphatic heterocycles. The smallest absolute Gasteiger partial charge is 0.257 e. The van der Waals surface area contributed by atoms with Crippen LogP contribution >= 0.6 is 0 Å². The van der Waals surface area contributed by atoms with Gasteiger partial charge in [0.15, 0.2) is 0 Å². The summed E-state index contributed by atoms with van der Waals surface area (Å²) in [6.07, 6.45) is 0.784. The summed E-state index contributed by atoms with van der Waals surface area (Å²) in [5.41, 5.74) is 4.58. The van der Waals surface area contributed by atoms with E-state index in [2.05, 4.69) is 22.8 Å². The molecule has 3 aromatic carbocycles. The van der Waals surface area contributed by atoms with Crippen molar-refractivity contribution in [3.8, 4) is 11.1 Å². The first kappa shape index (κ1) is 20.7. The van der Waals surface area contributed by atoms with Gasteiger partial charge < -0.3 is 10.6 Å². The normalized spacial score (nSPS) is 12.8. The first-order chi connectivity index (χ1) is 14.8. The molecule has 0 aromatic heterocycles. The standard InChI is InChI=1S/C25H22F2N2O2/c1-14(2)23(29-24(30)22-20(26)8-5-9-21(22)27)25(31)28-17-10-11-19-16(13-17)12-15-6-3-4-7-18(15)19/h3-11,13-14,23H,12H2,1-2H3,(H,28,31)(H,29,30). The second kappa shape index (κ2) is 8.30. The van der Waals surface area contributed by atoms with E-state index in [1.165, 1.54) is 17.2 Å². The van der Waals surface area contributed by atoms with Crippen LogP contribution < -0.4 is 10.6 Å². The largest absolute Gasteiger partial charge is 0.340 e. The van der Waals surface area contributed by atoms with E-state index in [1.54, 1.807) is 13.8 Å². The van der Waals surface area contributed by atoms with Gasteiger partial charge in [-0.25, -0.2) is 8.78 Å². The van der Waals surface area contributed by atoms with E-state index in [-0.39, 0.29) is 5.92 Å². The molecule has 0 heterocycles. The predicted molar refractivity (Wildman–Crippen MR) is 116 cm³/mol. The van der Waals surface area contributed by atoms with Gasteiger partial charge in [0, 0.05) is 5.69 Å². The second-order valence-corrected chi connectivity index (χ2v) is 7.99. The van der Waals surface area contributed by atoms with Crippen LogP contribution in [0.2, 0.25) is 0 Å². The van der Waals surface area contributed by atoms with Crippen molar-refractivity contribution in [1.82, 2.24) is 5.32 Å². The Labute approximate surface area is 179 Å². The minimum Gasteiger partial charge on any atom is -0.340 e. The highest BCUT2D eigenvalue weighted by Gasteiger charge is 2.28. The lowest BCUT2D eigenvalue weighted by Crippen LogP contribution is -2.47. The molecule has 1 aliphatic rings. The number of benzene rings is 3. The Kier molecular flexibility index (Phi) is 5.55. The number of amides is 2. The molecule has 0 spiro atoms. The van der Waals surface area contributed by atoms with Crippen molar-refractivity contribution in [2.24, 2.45) is 5.92 Å². The zero-order valence-electron chi connectivity index (χ0n) is 17.2. The third kappa shape index (κ3) is 4.06. The van der Waals surface area contributed by atoms with E-state index in [0.717, 1.165) is 29.7 Å². The van der Waals surface area contributed by atoms with Gasteiger partial charge >= 0.3 is 0 Å². The van der Waals surface area contributed by atoms with Crippen LogP contribution in [0.5, 0.6) is 0 Å². The molecule has 2 N–H and O–H groups in total. The minimum absolute atomic E-state index is 0.294. The highest BCUT2D eigenvalue weighted by atomic mass is 19.1. The fourth-order valence-corrected chi connectivity index (χ4v) is 3.91. The number of carbonyl (C=O) groups excluding carboxylic acids is 2. The Morgan fingerprint density at radius 3 is 2.26 bits per heavy atom. The number of anilines is 1. The second-order valence-electron chi connectivity index (χ2n) is 7.99. The van der Waals surface area contributed by atoms with Crippen molar-refractivity contribution in [2.45, 2.75) is 26.3 Å². The highest BCUT2D eigenvalue weighted by molar-refractivity contribution is 6.01. The average molecular weight is 420 g/mol. The molecule has 31 heavy (non-hydrogen) atoms. The van der Waals surface area contributed by atoms with Crippen LogP contribution in [0.15, 0.2) is 60.7 Å². The van der Waals surface area contributed by atoms with Crippen molar-refractivity contribution in [3.63, 3.8) is 0 Å². The van der Waals surface area contributed by atoms with Crippen molar-refractivity contribution in [2.75, 3.05) is 5.32 Å². The minimum atomic E-state index is -0.974. The molecule has 2 amide bonds. The van der Waals surface area contributed by atoms with Crippen LogP contribution in [0.3, 0.4) is 0 Å². The number of hydrogen-bond acceptors (Lipinski definition) is 2. The fraction of sp³-hybridized carbons (Fsp3) is 0.200. The summed E-state index contributed by atoms with van der Waals surface area (Å²) in [4.78, 5) is 25.4. The van der Waals surface area contributed by atoms with Gasteiger partial charge in [-0.3, -0.25) is 9.59 Å². The van der Waals surface area contributed by atoms with E-state index in [9.17, 15) is 18.4 Å². The van der Waals surface area contributed by atoms with Crippen molar-refractivity contribution < 1.29 is 18.4 Å². The molecule has 158 valence electrons. The maximum absolute atomic E-state index is 13.9. The molecule has 0 saturated carbocycles. The Balaban J connectivity index is 1.51. The van der Waals surface area contributed by atoms with Gasteiger partial charge in [0.2, 0.25) is 5.91 Å². The van der Waals surface area contributed by atoms with Gasteiger partial charge in [0.25, 0.3) is 5.91 Å². The number of fused-ring (bicyclic) bond motifs is 3. The van der Waals surface area contributed by atoms with Crippen molar-refractivity contribution >= 4 is 17.5 Å². The first-order valence-electron chi connectivity index (χ1n) is 10.1. The van der Waals surface area contributed by atoms with E-state index in [4.69, 9.17) is 0 Å². The van der Waals surface area contributed by atoms with Crippen LogP contribution in [0.1, 0.15) is 35.3 Å². The summed E-state index contributed by atoms with van der Waals surface area (Å²) in [6, 6.07) is 16.1. The van der Waals surface area contributed by atoms with Gasteiger partial charge in [-0.15, -0.1) is 0 Å². The van der Waals surface area contributed by atoms with Crippen LogP contribution in [0.25, 0.3) is 11.1 Å². The molecule has 3 aromatic rings. The van der Waals surface area contributed by atoms with E-state index >= 15 is 0 Å². The molecule has 0 radical (unpaired) electrons. The summed E-state index contributed by atoms with van der Waals surface area (Å²) in [5.74, 6) is -3.65. The van der Waals surface area contributed by atoms with E-state index in [1.807, 2.05) is 30.3 Å². The number of halogens is 2. The number of hydrogen-bond donors (Lipinski definition) is 2. The topological polar surface area (TPSA) is 58.2 Å².